The van der Waals surface area contributed by atoms with Crippen LogP contribution in [0.1, 0.15) is 55.7 Å². The number of fused-ring (bicyclic) bond motifs is 1. The molecule has 0 saturated heterocycles. The van der Waals surface area contributed by atoms with E-state index in [1.165, 1.54) is 0 Å². The van der Waals surface area contributed by atoms with Crippen LogP contribution in [-0.4, -0.2) is 27.7 Å². The largest absolute Gasteiger partial charge is 0.466 e. The monoisotopic (exact) mass is 380 g/mol. The lowest BCUT2D eigenvalue weighted by Crippen LogP contribution is -2.18. The molecule has 0 amide bonds. The van der Waals surface area contributed by atoms with Gasteiger partial charge < -0.3 is 14.8 Å². The van der Waals surface area contributed by atoms with E-state index in [9.17, 15) is 9.90 Å². The molecule has 5 nitrogen and oxygen atoms in total. The zero-order valence-electron chi connectivity index (χ0n) is 16.8. The van der Waals surface area contributed by atoms with E-state index in [1.807, 2.05) is 44.3 Å². The SMILES string of the molecule is CCCCC(C(=O)OCC)c1c(CO)ccc2[nH]c(-c3cccnc3)c(C)c12. The number of hydrogen-bond acceptors (Lipinski definition) is 4. The molecule has 0 spiro atoms. The molecule has 0 aliphatic rings. The molecule has 0 radical (unpaired) electrons. The highest BCUT2D eigenvalue weighted by molar-refractivity contribution is 5.97. The number of pyridine rings is 1. The van der Waals surface area contributed by atoms with Crippen LogP contribution >= 0.6 is 0 Å². The van der Waals surface area contributed by atoms with Gasteiger partial charge in [-0.05, 0) is 55.2 Å². The summed E-state index contributed by atoms with van der Waals surface area (Å²) in [4.78, 5) is 20.5. The molecular weight excluding hydrogens is 352 g/mol. The van der Waals surface area contributed by atoms with Crippen molar-refractivity contribution in [2.75, 3.05) is 6.61 Å². The molecule has 148 valence electrons. The molecule has 3 rings (SSSR count). The average Bonchev–Trinajstić information content (AvgIpc) is 3.06. The first-order chi connectivity index (χ1) is 13.6. The fourth-order valence-corrected chi connectivity index (χ4v) is 3.89. The van der Waals surface area contributed by atoms with E-state index in [0.717, 1.165) is 51.7 Å². The van der Waals surface area contributed by atoms with E-state index >= 15 is 0 Å². The summed E-state index contributed by atoms with van der Waals surface area (Å²) >= 11 is 0. The Morgan fingerprint density at radius 3 is 2.75 bits per heavy atom. The third-order valence-electron chi connectivity index (χ3n) is 5.23. The average molecular weight is 380 g/mol. The van der Waals surface area contributed by atoms with Gasteiger partial charge in [0, 0.05) is 28.9 Å². The first-order valence-corrected chi connectivity index (χ1v) is 9.94. The fraction of sp³-hybridized carbons (Fsp3) is 0.391. The molecule has 2 aromatic heterocycles. The first kappa shape index (κ1) is 20.1. The number of benzene rings is 1. The third-order valence-corrected chi connectivity index (χ3v) is 5.23. The lowest BCUT2D eigenvalue weighted by atomic mass is 9.86. The second-order valence-corrected chi connectivity index (χ2v) is 7.03. The molecule has 0 fully saturated rings. The topological polar surface area (TPSA) is 75.2 Å². The molecule has 28 heavy (non-hydrogen) atoms. The molecule has 0 aliphatic carbocycles. The van der Waals surface area contributed by atoms with Crippen LogP contribution in [-0.2, 0) is 16.1 Å². The summed E-state index contributed by atoms with van der Waals surface area (Å²) in [7, 11) is 0. The zero-order valence-corrected chi connectivity index (χ0v) is 16.8. The van der Waals surface area contributed by atoms with Crippen molar-refractivity contribution in [1.82, 2.24) is 9.97 Å². The van der Waals surface area contributed by atoms with Crippen LogP contribution in [0.15, 0.2) is 36.7 Å². The Bertz CT molecular complexity index is 947. The van der Waals surface area contributed by atoms with Crippen molar-refractivity contribution in [3.8, 4) is 11.3 Å². The van der Waals surface area contributed by atoms with Crippen LogP contribution < -0.4 is 0 Å². The number of hydrogen-bond donors (Lipinski definition) is 2. The van der Waals surface area contributed by atoms with E-state index in [1.54, 1.807) is 6.20 Å². The molecule has 0 bridgehead atoms. The summed E-state index contributed by atoms with van der Waals surface area (Å²) in [5, 5.41) is 11.0. The van der Waals surface area contributed by atoms with E-state index in [4.69, 9.17) is 4.74 Å². The predicted molar refractivity (Wildman–Crippen MR) is 111 cm³/mol. The number of aliphatic hydroxyl groups is 1. The van der Waals surface area contributed by atoms with E-state index in [-0.39, 0.29) is 18.5 Å². The number of aromatic nitrogens is 2. The summed E-state index contributed by atoms with van der Waals surface area (Å²) in [6.45, 7) is 6.22. The van der Waals surface area contributed by atoms with Crippen molar-refractivity contribution in [2.45, 2.75) is 52.6 Å². The van der Waals surface area contributed by atoms with Crippen molar-refractivity contribution in [2.24, 2.45) is 0 Å². The summed E-state index contributed by atoms with van der Waals surface area (Å²) in [5.41, 5.74) is 5.65. The van der Waals surface area contributed by atoms with Gasteiger partial charge in [-0.15, -0.1) is 0 Å². The van der Waals surface area contributed by atoms with Crippen molar-refractivity contribution < 1.29 is 14.6 Å². The number of esters is 1. The second-order valence-electron chi connectivity index (χ2n) is 7.03. The summed E-state index contributed by atoms with van der Waals surface area (Å²) in [6.07, 6.45) is 6.19. The smallest absolute Gasteiger partial charge is 0.313 e. The number of carbonyl (C=O) groups excluding carboxylic acids is 1. The predicted octanol–water partition coefficient (Wildman–Crippen LogP) is 4.87. The quantitative estimate of drug-likeness (QED) is 0.547. The van der Waals surface area contributed by atoms with E-state index < -0.39 is 0 Å². The van der Waals surface area contributed by atoms with Gasteiger partial charge in [0.15, 0.2) is 0 Å². The van der Waals surface area contributed by atoms with Gasteiger partial charge in [0.1, 0.15) is 0 Å². The van der Waals surface area contributed by atoms with Crippen LogP contribution in [0.5, 0.6) is 0 Å². The standard InChI is InChI=1S/C23H28N2O3/c1-4-6-9-18(23(27)28-5-2)21-17(14-26)10-11-19-20(21)15(3)22(25-19)16-8-7-12-24-13-16/h7-8,10-13,18,25-26H,4-6,9,14H2,1-3H3. The molecule has 1 aromatic carbocycles. The first-order valence-electron chi connectivity index (χ1n) is 9.94. The lowest BCUT2D eigenvalue weighted by molar-refractivity contribution is -0.145. The Labute approximate surface area is 165 Å². The lowest BCUT2D eigenvalue weighted by Gasteiger charge is -2.20. The van der Waals surface area contributed by atoms with Crippen LogP contribution in [0.25, 0.3) is 22.2 Å². The maximum absolute atomic E-state index is 12.8. The number of nitrogens with one attached hydrogen (secondary N) is 1. The number of aliphatic hydroxyl groups excluding tert-OH is 1. The number of ether oxygens (including phenoxy) is 1. The molecular formula is C23H28N2O3. The normalized spacial score (nSPS) is 12.3. The highest BCUT2D eigenvalue weighted by atomic mass is 16.5. The van der Waals surface area contributed by atoms with Gasteiger partial charge in [-0.1, -0.05) is 25.8 Å². The Hall–Kier alpha value is -2.66. The summed E-state index contributed by atoms with van der Waals surface area (Å²) in [6, 6.07) is 7.79. The van der Waals surface area contributed by atoms with E-state index in [0.29, 0.717) is 13.0 Å². The van der Waals surface area contributed by atoms with Gasteiger partial charge in [-0.25, -0.2) is 0 Å². The minimum atomic E-state index is -0.387. The van der Waals surface area contributed by atoms with Crippen LogP contribution in [0, 0.1) is 6.92 Å². The number of nitrogens with zero attached hydrogens (tertiary/aromatic N) is 1. The second kappa shape index (κ2) is 9.02. The van der Waals surface area contributed by atoms with Crippen LogP contribution in [0.3, 0.4) is 0 Å². The highest BCUT2D eigenvalue weighted by Gasteiger charge is 2.28. The molecule has 2 N–H and O–H groups in total. The fourth-order valence-electron chi connectivity index (χ4n) is 3.89. The van der Waals surface area contributed by atoms with Gasteiger partial charge >= 0.3 is 5.97 Å². The van der Waals surface area contributed by atoms with Gasteiger partial charge in [0.25, 0.3) is 0 Å². The summed E-state index contributed by atoms with van der Waals surface area (Å²) in [5.74, 6) is -0.608. The van der Waals surface area contributed by atoms with Crippen molar-refractivity contribution in [1.29, 1.82) is 0 Å². The molecule has 5 heteroatoms. The van der Waals surface area contributed by atoms with Crippen molar-refractivity contribution in [3.05, 3.63) is 53.3 Å². The highest BCUT2D eigenvalue weighted by Crippen LogP contribution is 2.38. The maximum Gasteiger partial charge on any atom is 0.313 e. The molecule has 1 unspecified atom stereocenters. The van der Waals surface area contributed by atoms with E-state index in [2.05, 4.69) is 16.9 Å². The van der Waals surface area contributed by atoms with Crippen molar-refractivity contribution in [3.63, 3.8) is 0 Å². The van der Waals surface area contributed by atoms with Gasteiger partial charge in [-0.3, -0.25) is 9.78 Å². The number of carbonyl (C=O) groups is 1. The summed E-state index contributed by atoms with van der Waals surface area (Å²) < 4.78 is 5.39. The van der Waals surface area contributed by atoms with Crippen LogP contribution in [0.4, 0.5) is 0 Å². The van der Waals surface area contributed by atoms with Crippen molar-refractivity contribution >= 4 is 16.9 Å². The van der Waals surface area contributed by atoms with Crippen LogP contribution in [0.2, 0.25) is 0 Å². The molecule has 1 atom stereocenters. The third kappa shape index (κ3) is 3.80. The maximum atomic E-state index is 12.8. The van der Waals surface area contributed by atoms with Gasteiger partial charge in [0.2, 0.25) is 0 Å². The minimum Gasteiger partial charge on any atom is -0.466 e. The van der Waals surface area contributed by atoms with Gasteiger partial charge in [-0.2, -0.15) is 0 Å². The number of unbranched alkanes of at least 4 members (excludes halogenated alkanes) is 1. The Morgan fingerprint density at radius 1 is 1.29 bits per heavy atom. The molecule has 0 aliphatic heterocycles. The minimum absolute atomic E-state index is 0.111. The number of aromatic amines is 1. The van der Waals surface area contributed by atoms with Gasteiger partial charge in [0.05, 0.1) is 24.8 Å². The molecule has 3 aromatic rings. The Morgan fingerprint density at radius 2 is 2.11 bits per heavy atom. The number of rotatable bonds is 8. The molecule has 2 heterocycles. The molecule has 0 saturated carbocycles. The number of H-pyrrole nitrogens is 1. The Kier molecular flexibility index (Phi) is 6.47. The Balaban J connectivity index is 2.23. The zero-order chi connectivity index (χ0) is 20.1. The number of aryl methyl sites for hydroxylation is 1.